The van der Waals surface area contributed by atoms with Crippen LogP contribution in [0, 0.1) is 10.1 Å². The first-order valence-corrected chi connectivity index (χ1v) is 14.4. The number of ether oxygens (including phenoxy) is 2. The summed E-state index contributed by atoms with van der Waals surface area (Å²) in [4.78, 5) is 35.0. The Morgan fingerprint density at radius 2 is 1.76 bits per heavy atom. The fourth-order valence-electron chi connectivity index (χ4n) is 4.00. The first-order chi connectivity index (χ1) is 20.2. The number of rotatable bonds is 13. The highest BCUT2D eigenvalue weighted by Gasteiger charge is 2.27. The van der Waals surface area contributed by atoms with Gasteiger partial charge in [-0.1, -0.05) is 18.2 Å². The number of amides is 2. The molecule has 1 saturated heterocycles. The highest BCUT2D eigenvalue weighted by molar-refractivity contribution is 7.92. The van der Waals surface area contributed by atoms with Gasteiger partial charge in [-0.05, 0) is 66.9 Å². The van der Waals surface area contributed by atoms with Crippen LogP contribution in [0.3, 0.4) is 0 Å². The van der Waals surface area contributed by atoms with E-state index >= 15 is 0 Å². The number of hydrogen-bond acceptors (Lipinski definition) is 9. The first-order valence-electron chi connectivity index (χ1n) is 13.0. The topological polar surface area (TPSA) is 170 Å². The van der Waals surface area contributed by atoms with Crippen molar-refractivity contribution in [3.8, 4) is 5.75 Å². The highest BCUT2D eigenvalue weighted by Crippen LogP contribution is 2.25. The molecular weight excluding hydrogens is 566 g/mol. The SMILES string of the molecule is O=C(COc1ccc(/C=N\NC(=O)CN(c2ccc([N+](=O)[O-])cc2)S(=O)(=O)c2ccccc2)cc1)NC[C@H]1CCCO1. The molecule has 1 fully saturated rings. The molecule has 0 aliphatic carbocycles. The van der Waals surface area contributed by atoms with Gasteiger partial charge < -0.3 is 14.8 Å². The predicted molar refractivity (Wildman–Crippen MR) is 154 cm³/mol. The van der Waals surface area contributed by atoms with Crippen molar-refractivity contribution in [1.82, 2.24) is 10.7 Å². The van der Waals surface area contributed by atoms with Gasteiger partial charge in [-0.15, -0.1) is 0 Å². The van der Waals surface area contributed by atoms with Crippen LogP contribution >= 0.6 is 0 Å². The molecule has 1 aliphatic heterocycles. The van der Waals surface area contributed by atoms with E-state index in [1.807, 2.05) is 0 Å². The Bertz CT molecular complexity index is 1510. The number of hydrazone groups is 1. The molecule has 3 aromatic rings. The summed E-state index contributed by atoms with van der Waals surface area (Å²) in [5.74, 6) is -0.526. The lowest BCUT2D eigenvalue weighted by Crippen LogP contribution is -2.39. The fourth-order valence-corrected chi connectivity index (χ4v) is 5.45. The number of hydrogen-bond donors (Lipinski definition) is 2. The Kier molecular flexibility index (Phi) is 10.2. The molecule has 42 heavy (non-hydrogen) atoms. The van der Waals surface area contributed by atoms with Crippen molar-refractivity contribution in [1.29, 1.82) is 0 Å². The number of sulfonamides is 1. The predicted octanol–water partition coefficient (Wildman–Crippen LogP) is 2.61. The Labute approximate surface area is 242 Å². The van der Waals surface area contributed by atoms with Gasteiger partial charge in [0.05, 0.1) is 27.8 Å². The Morgan fingerprint density at radius 1 is 1.05 bits per heavy atom. The maximum Gasteiger partial charge on any atom is 0.269 e. The smallest absolute Gasteiger partial charge is 0.269 e. The summed E-state index contributed by atoms with van der Waals surface area (Å²) in [6.07, 6.45) is 3.33. The second kappa shape index (κ2) is 14.2. The number of carbonyl (C=O) groups excluding carboxylic acids is 2. The van der Waals surface area contributed by atoms with Crippen molar-refractivity contribution < 1.29 is 32.4 Å². The van der Waals surface area contributed by atoms with E-state index in [2.05, 4.69) is 15.8 Å². The molecule has 1 atom stereocenters. The number of nitro groups is 1. The third-order valence-electron chi connectivity index (χ3n) is 6.17. The van der Waals surface area contributed by atoms with Gasteiger partial charge in [0.25, 0.3) is 27.5 Å². The zero-order valence-corrected chi connectivity index (χ0v) is 23.2. The molecular formula is C28H29N5O8S. The van der Waals surface area contributed by atoms with Crippen LogP contribution < -0.4 is 19.8 Å². The molecule has 1 heterocycles. The van der Waals surface area contributed by atoms with Crippen molar-refractivity contribution in [2.75, 3.05) is 30.6 Å². The molecule has 220 valence electrons. The molecule has 13 nitrogen and oxygen atoms in total. The summed E-state index contributed by atoms with van der Waals surface area (Å²) in [6, 6.07) is 18.9. The quantitative estimate of drug-likeness (QED) is 0.173. The number of nitrogens with zero attached hydrogens (tertiary/aromatic N) is 3. The highest BCUT2D eigenvalue weighted by atomic mass is 32.2. The minimum absolute atomic E-state index is 0.0478. The summed E-state index contributed by atoms with van der Waals surface area (Å²) in [6.45, 7) is 0.391. The summed E-state index contributed by atoms with van der Waals surface area (Å²) in [5.41, 5.74) is 2.75. The Balaban J connectivity index is 1.33. The number of non-ortho nitro benzene ring substituents is 1. The lowest BCUT2D eigenvalue weighted by Gasteiger charge is -2.23. The van der Waals surface area contributed by atoms with E-state index < -0.39 is 27.4 Å². The van der Waals surface area contributed by atoms with Gasteiger partial charge in [-0.3, -0.25) is 24.0 Å². The van der Waals surface area contributed by atoms with E-state index in [9.17, 15) is 28.1 Å². The van der Waals surface area contributed by atoms with E-state index in [-0.39, 0.29) is 34.9 Å². The van der Waals surface area contributed by atoms with E-state index in [4.69, 9.17) is 9.47 Å². The van der Waals surface area contributed by atoms with Gasteiger partial charge in [0.15, 0.2) is 6.61 Å². The fraction of sp³-hybridized carbons (Fsp3) is 0.250. The van der Waals surface area contributed by atoms with Crippen molar-refractivity contribution >= 4 is 39.4 Å². The summed E-state index contributed by atoms with van der Waals surface area (Å²) in [7, 11) is -4.18. The third-order valence-corrected chi connectivity index (χ3v) is 7.96. The number of carbonyl (C=O) groups is 2. The van der Waals surface area contributed by atoms with Gasteiger partial charge in [0, 0.05) is 25.3 Å². The summed E-state index contributed by atoms with van der Waals surface area (Å²) >= 11 is 0. The Hall–Kier alpha value is -4.82. The second-order valence-corrected chi connectivity index (χ2v) is 11.1. The zero-order valence-electron chi connectivity index (χ0n) is 22.4. The van der Waals surface area contributed by atoms with Crippen LogP contribution in [-0.4, -0.2) is 63.8 Å². The molecule has 1 aliphatic rings. The Morgan fingerprint density at radius 3 is 2.40 bits per heavy atom. The molecule has 2 N–H and O–H groups in total. The number of nitro benzene ring substituents is 1. The van der Waals surface area contributed by atoms with Crippen molar-refractivity contribution in [3.05, 3.63) is 94.5 Å². The summed E-state index contributed by atoms with van der Waals surface area (Å²) < 4.78 is 38.5. The molecule has 0 radical (unpaired) electrons. The van der Waals surface area contributed by atoms with Crippen LogP contribution in [0.25, 0.3) is 0 Å². The van der Waals surface area contributed by atoms with Crippen LogP contribution in [-0.2, 0) is 24.3 Å². The van der Waals surface area contributed by atoms with E-state index in [1.54, 1.807) is 42.5 Å². The second-order valence-electron chi connectivity index (χ2n) is 9.19. The summed E-state index contributed by atoms with van der Waals surface area (Å²) in [5, 5.41) is 17.7. The largest absolute Gasteiger partial charge is 0.484 e. The van der Waals surface area contributed by atoms with Crippen LogP contribution in [0.2, 0.25) is 0 Å². The maximum atomic E-state index is 13.3. The monoisotopic (exact) mass is 595 g/mol. The minimum Gasteiger partial charge on any atom is -0.484 e. The van der Waals surface area contributed by atoms with E-state index in [1.165, 1.54) is 30.5 Å². The van der Waals surface area contributed by atoms with Crippen LogP contribution in [0.1, 0.15) is 18.4 Å². The standard InChI is InChI=1S/C28H29N5O8S/c34-27(19-32(22-10-12-23(13-11-22)33(36)37)42(38,39)26-6-2-1-3-7-26)31-30-17-21-8-14-24(15-9-21)41-20-28(35)29-18-25-5-4-16-40-25/h1-3,6-15,17,25H,4-5,16,18-20H2,(H,29,35)(H,31,34)/b30-17-/t25-/m1/s1. The van der Waals surface area contributed by atoms with Crippen LogP contribution in [0.4, 0.5) is 11.4 Å². The van der Waals surface area contributed by atoms with Crippen LogP contribution in [0.5, 0.6) is 5.75 Å². The van der Waals surface area contributed by atoms with Gasteiger partial charge in [-0.2, -0.15) is 5.10 Å². The molecule has 0 bridgehead atoms. The third kappa shape index (κ3) is 8.34. The van der Waals surface area contributed by atoms with E-state index in [0.717, 1.165) is 29.3 Å². The first kappa shape index (κ1) is 30.1. The van der Waals surface area contributed by atoms with Gasteiger partial charge >= 0.3 is 0 Å². The zero-order chi connectivity index (χ0) is 30.0. The lowest BCUT2D eigenvalue weighted by atomic mass is 10.2. The number of benzene rings is 3. The molecule has 0 spiro atoms. The van der Waals surface area contributed by atoms with Gasteiger partial charge in [0.1, 0.15) is 12.3 Å². The number of anilines is 1. The van der Waals surface area contributed by atoms with Crippen LogP contribution in [0.15, 0.2) is 88.9 Å². The molecule has 3 aromatic carbocycles. The van der Waals surface area contributed by atoms with Crippen molar-refractivity contribution in [3.63, 3.8) is 0 Å². The molecule has 0 aromatic heterocycles. The average Bonchev–Trinajstić information content (AvgIpc) is 3.53. The lowest BCUT2D eigenvalue weighted by molar-refractivity contribution is -0.384. The molecule has 0 saturated carbocycles. The molecule has 4 rings (SSSR count). The molecule has 0 unspecified atom stereocenters. The minimum atomic E-state index is -4.18. The molecule has 14 heteroatoms. The normalized spacial score (nSPS) is 14.8. The molecule has 2 amide bonds. The van der Waals surface area contributed by atoms with Gasteiger partial charge in [0.2, 0.25) is 0 Å². The van der Waals surface area contributed by atoms with Gasteiger partial charge in [-0.25, -0.2) is 13.8 Å². The number of nitrogens with one attached hydrogen (secondary N) is 2. The maximum absolute atomic E-state index is 13.3. The van der Waals surface area contributed by atoms with Crippen molar-refractivity contribution in [2.24, 2.45) is 5.10 Å². The van der Waals surface area contributed by atoms with E-state index in [0.29, 0.717) is 24.5 Å². The average molecular weight is 596 g/mol. The van der Waals surface area contributed by atoms with Crippen molar-refractivity contribution in [2.45, 2.75) is 23.8 Å².